The summed E-state index contributed by atoms with van der Waals surface area (Å²) in [5, 5.41) is 3.32. The molecule has 0 aliphatic rings. The van der Waals surface area contributed by atoms with Crippen LogP contribution in [0.5, 0.6) is 0 Å². The molecule has 1 unspecified atom stereocenters. The van der Waals surface area contributed by atoms with E-state index >= 15 is 0 Å². The topological polar surface area (TPSA) is 67.1 Å². The fraction of sp³-hybridized carbons (Fsp3) is 0.692. The second-order valence-corrected chi connectivity index (χ2v) is 4.54. The van der Waals surface area contributed by atoms with Crippen LogP contribution in [-0.2, 0) is 0 Å². The standard InChI is InChI=1S/C13H25N5/c1-4-18(5-2)8-6-7-11(3)16-13-10-15-9-12(14)17-13/h9-11H,4-8H2,1-3H3,(H3,14,16,17). The third kappa shape index (κ3) is 5.31. The molecule has 1 aromatic rings. The van der Waals surface area contributed by atoms with Gasteiger partial charge in [-0.15, -0.1) is 0 Å². The first-order valence-corrected chi connectivity index (χ1v) is 6.72. The number of rotatable bonds is 8. The fourth-order valence-corrected chi connectivity index (χ4v) is 1.94. The van der Waals surface area contributed by atoms with Gasteiger partial charge in [-0.25, -0.2) is 4.98 Å². The summed E-state index contributed by atoms with van der Waals surface area (Å²) in [6, 6.07) is 0.386. The van der Waals surface area contributed by atoms with Crippen molar-refractivity contribution in [3.8, 4) is 0 Å². The van der Waals surface area contributed by atoms with E-state index in [-0.39, 0.29) is 0 Å². The van der Waals surface area contributed by atoms with Crippen LogP contribution >= 0.6 is 0 Å². The van der Waals surface area contributed by atoms with Gasteiger partial charge in [-0.1, -0.05) is 13.8 Å². The van der Waals surface area contributed by atoms with Crippen molar-refractivity contribution >= 4 is 11.6 Å². The minimum atomic E-state index is 0.386. The quantitative estimate of drug-likeness (QED) is 0.739. The van der Waals surface area contributed by atoms with E-state index in [1.54, 1.807) is 12.4 Å². The van der Waals surface area contributed by atoms with Crippen LogP contribution in [0, 0.1) is 0 Å². The Morgan fingerprint density at radius 3 is 2.67 bits per heavy atom. The monoisotopic (exact) mass is 251 g/mol. The van der Waals surface area contributed by atoms with E-state index in [1.165, 1.54) is 6.42 Å². The summed E-state index contributed by atoms with van der Waals surface area (Å²) < 4.78 is 0. The van der Waals surface area contributed by atoms with E-state index in [1.807, 2.05) is 0 Å². The molecule has 1 atom stereocenters. The van der Waals surface area contributed by atoms with Crippen molar-refractivity contribution in [3.05, 3.63) is 12.4 Å². The lowest BCUT2D eigenvalue weighted by molar-refractivity contribution is 0.295. The molecular weight excluding hydrogens is 226 g/mol. The lowest BCUT2D eigenvalue weighted by atomic mass is 10.2. The third-order valence-electron chi connectivity index (χ3n) is 3.05. The molecule has 0 radical (unpaired) electrons. The third-order valence-corrected chi connectivity index (χ3v) is 3.05. The van der Waals surface area contributed by atoms with Crippen LogP contribution in [0.15, 0.2) is 12.4 Å². The summed E-state index contributed by atoms with van der Waals surface area (Å²) in [5.74, 6) is 1.21. The highest BCUT2D eigenvalue weighted by Gasteiger charge is 2.05. The van der Waals surface area contributed by atoms with Crippen LogP contribution in [0.25, 0.3) is 0 Å². The number of anilines is 2. The molecule has 0 aromatic carbocycles. The summed E-state index contributed by atoms with van der Waals surface area (Å²) in [7, 11) is 0. The molecule has 1 heterocycles. The maximum Gasteiger partial charge on any atom is 0.147 e. The van der Waals surface area contributed by atoms with Gasteiger partial charge >= 0.3 is 0 Å². The lowest BCUT2D eigenvalue weighted by Crippen LogP contribution is -2.25. The van der Waals surface area contributed by atoms with E-state index < -0.39 is 0 Å². The molecule has 0 spiro atoms. The van der Waals surface area contributed by atoms with Gasteiger partial charge in [0.05, 0.1) is 12.4 Å². The molecule has 0 fully saturated rings. The minimum absolute atomic E-state index is 0.386. The van der Waals surface area contributed by atoms with Crippen molar-refractivity contribution in [3.63, 3.8) is 0 Å². The minimum Gasteiger partial charge on any atom is -0.382 e. The van der Waals surface area contributed by atoms with Crippen LogP contribution < -0.4 is 11.1 Å². The molecule has 18 heavy (non-hydrogen) atoms. The van der Waals surface area contributed by atoms with Crippen molar-refractivity contribution < 1.29 is 0 Å². The second-order valence-electron chi connectivity index (χ2n) is 4.54. The van der Waals surface area contributed by atoms with Crippen LogP contribution in [0.3, 0.4) is 0 Å². The first kappa shape index (κ1) is 14.7. The summed E-state index contributed by atoms with van der Waals surface area (Å²) in [6.07, 6.45) is 5.56. The molecule has 0 aliphatic carbocycles. The van der Waals surface area contributed by atoms with E-state index in [2.05, 4.69) is 41.0 Å². The lowest BCUT2D eigenvalue weighted by Gasteiger charge is -2.20. The van der Waals surface area contributed by atoms with Crippen molar-refractivity contribution in [1.29, 1.82) is 0 Å². The summed E-state index contributed by atoms with van der Waals surface area (Å²) in [5.41, 5.74) is 5.59. The van der Waals surface area contributed by atoms with Gasteiger partial charge < -0.3 is 16.0 Å². The smallest absolute Gasteiger partial charge is 0.147 e. The average Bonchev–Trinajstić information content (AvgIpc) is 2.34. The van der Waals surface area contributed by atoms with Crippen molar-refractivity contribution in [2.45, 2.75) is 39.7 Å². The van der Waals surface area contributed by atoms with Crippen molar-refractivity contribution in [2.75, 3.05) is 30.7 Å². The van der Waals surface area contributed by atoms with Gasteiger partial charge in [0.15, 0.2) is 0 Å². The van der Waals surface area contributed by atoms with E-state index in [4.69, 9.17) is 5.73 Å². The molecule has 0 aliphatic heterocycles. The Kier molecular flexibility index (Phi) is 6.43. The van der Waals surface area contributed by atoms with Gasteiger partial charge in [0.2, 0.25) is 0 Å². The normalized spacial score (nSPS) is 12.7. The largest absolute Gasteiger partial charge is 0.382 e. The molecule has 0 bridgehead atoms. The Bertz CT molecular complexity index is 338. The highest BCUT2D eigenvalue weighted by molar-refractivity contribution is 5.38. The van der Waals surface area contributed by atoms with E-state index in [0.717, 1.165) is 31.9 Å². The number of nitrogen functional groups attached to an aromatic ring is 1. The molecule has 1 rings (SSSR count). The first-order valence-electron chi connectivity index (χ1n) is 6.72. The number of nitrogens with two attached hydrogens (primary N) is 1. The zero-order valence-electron chi connectivity index (χ0n) is 11.7. The average molecular weight is 251 g/mol. The number of nitrogens with zero attached hydrogens (tertiary/aromatic N) is 3. The Morgan fingerprint density at radius 2 is 2.06 bits per heavy atom. The number of hydrogen-bond acceptors (Lipinski definition) is 5. The molecule has 0 saturated carbocycles. The van der Waals surface area contributed by atoms with Gasteiger partial charge in [0, 0.05) is 6.04 Å². The Morgan fingerprint density at radius 1 is 1.33 bits per heavy atom. The van der Waals surface area contributed by atoms with E-state index in [9.17, 15) is 0 Å². The number of nitrogens with one attached hydrogen (secondary N) is 1. The van der Waals surface area contributed by atoms with Crippen LogP contribution in [-0.4, -0.2) is 40.5 Å². The molecule has 1 aromatic heterocycles. The highest BCUT2D eigenvalue weighted by Crippen LogP contribution is 2.08. The molecule has 3 N–H and O–H groups in total. The predicted molar refractivity (Wildman–Crippen MR) is 76.6 cm³/mol. The highest BCUT2D eigenvalue weighted by atomic mass is 15.1. The fourth-order valence-electron chi connectivity index (χ4n) is 1.94. The Hall–Kier alpha value is -1.36. The maximum absolute atomic E-state index is 5.59. The van der Waals surface area contributed by atoms with Gasteiger partial charge in [0.25, 0.3) is 0 Å². The summed E-state index contributed by atoms with van der Waals surface area (Å²) in [4.78, 5) is 10.6. The van der Waals surface area contributed by atoms with Crippen molar-refractivity contribution in [2.24, 2.45) is 0 Å². The van der Waals surface area contributed by atoms with Gasteiger partial charge in [0.1, 0.15) is 11.6 Å². The molecule has 0 saturated heterocycles. The molecule has 5 nitrogen and oxygen atoms in total. The summed E-state index contributed by atoms with van der Waals surface area (Å²) in [6.45, 7) is 9.97. The zero-order valence-corrected chi connectivity index (χ0v) is 11.7. The Labute approximate surface area is 110 Å². The molecule has 5 heteroatoms. The zero-order chi connectivity index (χ0) is 13.4. The van der Waals surface area contributed by atoms with E-state index in [0.29, 0.717) is 11.9 Å². The van der Waals surface area contributed by atoms with Crippen LogP contribution in [0.1, 0.15) is 33.6 Å². The van der Waals surface area contributed by atoms with Gasteiger partial charge in [-0.3, -0.25) is 4.98 Å². The van der Waals surface area contributed by atoms with Crippen LogP contribution in [0.2, 0.25) is 0 Å². The predicted octanol–water partition coefficient (Wildman–Crippen LogP) is 1.98. The molecule has 0 amide bonds. The van der Waals surface area contributed by atoms with Gasteiger partial charge in [-0.2, -0.15) is 0 Å². The maximum atomic E-state index is 5.59. The second kappa shape index (κ2) is 7.87. The van der Waals surface area contributed by atoms with Crippen LogP contribution in [0.4, 0.5) is 11.6 Å². The van der Waals surface area contributed by atoms with Crippen molar-refractivity contribution in [1.82, 2.24) is 14.9 Å². The first-order chi connectivity index (χ1) is 8.65. The molecule has 102 valence electrons. The Balaban J connectivity index is 2.27. The summed E-state index contributed by atoms with van der Waals surface area (Å²) >= 11 is 0. The molecular formula is C13H25N5. The number of hydrogen-bond donors (Lipinski definition) is 2. The number of aromatic nitrogens is 2. The SMILES string of the molecule is CCN(CC)CCCC(C)Nc1cncc(N)n1. The van der Waals surface area contributed by atoms with Gasteiger partial charge in [-0.05, 0) is 39.4 Å².